The van der Waals surface area contributed by atoms with Gasteiger partial charge in [-0.3, -0.25) is 9.20 Å². The van der Waals surface area contributed by atoms with E-state index in [-0.39, 0.29) is 11.9 Å². The molecule has 1 N–H and O–H groups in total. The number of aromatic nitrogens is 7. The van der Waals surface area contributed by atoms with Crippen LogP contribution in [0.1, 0.15) is 29.1 Å². The predicted molar refractivity (Wildman–Crippen MR) is 88.0 cm³/mol. The molecule has 0 unspecified atom stereocenters. The first kappa shape index (κ1) is 14.9. The van der Waals surface area contributed by atoms with Crippen molar-refractivity contribution < 1.29 is 4.79 Å². The molecule has 0 aliphatic carbocycles. The van der Waals surface area contributed by atoms with Crippen molar-refractivity contribution in [1.29, 1.82) is 0 Å². The first-order chi connectivity index (χ1) is 12.2. The second kappa shape index (κ2) is 6.11. The maximum atomic E-state index is 12.6. The summed E-state index contributed by atoms with van der Waals surface area (Å²) in [5.74, 6) is 0.454. The molecule has 1 amide bonds. The fourth-order valence-corrected chi connectivity index (χ4v) is 2.57. The van der Waals surface area contributed by atoms with E-state index in [9.17, 15) is 4.79 Å². The van der Waals surface area contributed by atoms with Crippen molar-refractivity contribution >= 4 is 11.6 Å². The molecule has 0 saturated heterocycles. The predicted octanol–water partition coefficient (Wildman–Crippen LogP) is 1.20. The summed E-state index contributed by atoms with van der Waals surface area (Å²) in [6, 6.07) is 12.4. The molecule has 0 aliphatic heterocycles. The molecular formula is C16H14N8O. The average Bonchev–Trinajstić information content (AvgIpc) is 3.31. The third-order valence-corrected chi connectivity index (χ3v) is 3.80. The van der Waals surface area contributed by atoms with Gasteiger partial charge in [-0.15, -0.1) is 15.3 Å². The van der Waals surface area contributed by atoms with Gasteiger partial charge in [0.25, 0.3) is 5.91 Å². The molecular weight excluding hydrogens is 320 g/mol. The monoisotopic (exact) mass is 334 g/mol. The molecule has 1 aromatic carbocycles. The number of fused-ring (bicyclic) bond motifs is 1. The van der Waals surface area contributed by atoms with Crippen molar-refractivity contribution in [1.82, 2.24) is 40.1 Å². The van der Waals surface area contributed by atoms with Crippen molar-refractivity contribution in [3.63, 3.8) is 0 Å². The van der Waals surface area contributed by atoms with Gasteiger partial charge >= 0.3 is 0 Å². The fraction of sp³-hybridized carbons (Fsp3) is 0.125. The molecule has 0 aliphatic rings. The third kappa shape index (κ3) is 2.82. The zero-order valence-electron chi connectivity index (χ0n) is 13.3. The second-order valence-electron chi connectivity index (χ2n) is 5.49. The average molecular weight is 334 g/mol. The summed E-state index contributed by atoms with van der Waals surface area (Å²) in [5.41, 5.74) is 1.95. The van der Waals surface area contributed by atoms with Crippen LogP contribution in [0.25, 0.3) is 11.3 Å². The Morgan fingerprint density at radius 3 is 2.92 bits per heavy atom. The molecule has 0 fully saturated rings. The number of tetrazole rings is 1. The highest BCUT2D eigenvalue weighted by Gasteiger charge is 2.17. The third-order valence-electron chi connectivity index (χ3n) is 3.80. The summed E-state index contributed by atoms with van der Waals surface area (Å²) >= 11 is 0. The van der Waals surface area contributed by atoms with Gasteiger partial charge in [0, 0.05) is 11.8 Å². The summed E-state index contributed by atoms with van der Waals surface area (Å²) in [6.45, 7) is 1.87. The largest absolute Gasteiger partial charge is 0.342 e. The summed E-state index contributed by atoms with van der Waals surface area (Å²) in [5, 5.41) is 22.2. The topological polar surface area (TPSA) is 103 Å². The van der Waals surface area contributed by atoms with E-state index in [1.54, 1.807) is 18.2 Å². The molecule has 0 spiro atoms. The number of pyridine rings is 1. The maximum Gasteiger partial charge on any atom is 0.251 e. The number of amides is 1. The second-order valence-corrected chi connectivity index (χ2v) is 5.49. The van der Waals surface area contributed by atoms with E-state index < -0.39 is 0 Å². The van der Waals surface area contributed by atoms with Gasteiger partial charge in [0.05, 0.1) is 11.7 Å². The van der Waals surface area contributed by atoms with E-state index in [0.29, 0.717) is 17.1 Å². The van der Waals surface area contributed by atoms with Crippen LogP contribution < -0.4 is 5.32 Å². The zero-order chi connectivity index (χ0) is 17.2. The molecule has 124 valence electrons. The lowest BCUT2D eigenvalue weighted by Gasteiger charge is -2.13. The van der Waals surface area contributed by atoms with Crippen LogP contribution in [-0.4, -0.2) is 40.7 Å². The number of hydrogen-bond acceptors (Lipinski definition) is 6. The summed E-state index contributed by atoms with van der Waals surface area (Å²) < 4.78 is 3.34. The van der Waals surface area contributed by atoms with Crippen LogP contribution in [0, 0.1) is 0 Å². The van der Waals surface area contributed by atoms with Crippen LogP contribution in [-0.2, 0) is 0 Å². The Bertz CT molecular complexity index is 1020. The van der Waals surface area contributed by atoms with Gasteiger partial charge in [-0.1, -0.05) is 12.1 Å². The van der Waals surface area contributed by atoms with Gasteiger partial charge < -0.3 is 5.32 Å². The van der Waals surface area contributed by atoms with Crippen LogP contribution in [0.15, 0.2) is 55.0 Å². The quantitative estimate of drug-likeness (QED) is 0.601. The number of carbonyl (C=O) groups excluding carboxylic acids is 1. The highest BCUT2D eigenvalue weighted by atomic mass is 16.1. The van der Waals surface area contributed by atoms with Crippen molar-refractivity contribution in [2.24, 2.45) is 0 Å². The van der Waals surface area contributed by atoms with E-state index in [1.165, 1.54) is 11.0 Å². The SMILES string of the molecule is C[C@H](NC(=O)c1cccc(-n2cnnn2)c1)c1nnc2ccccn12. The maximum absolute atomic E-state index is 12.6. The smallest absolute Gasteiger partial charge is 0.251 e. The van der Waals surface area contributed by atoms with Crippen LogP contribution in [0.4, 0.5) is 0 Å². The minimum Gasteiger partial charge on any atom is -0.342 e. The lowest BCUT2D eigenvalue weighted by atomic mass is 10.1. The molecule has 0 bridgehead atoms. The molecule has 0 saturated carbocycles. The van der Waals surface area contributed by atoms with Gasteiger partial charge in [-0.25, -0.2) is 4.68 Å². The Morgan fingerprint density at radius 2 is 2.08 bits per heavy atom. The number of carbonyl (C=O) groups is 1. The van der Waals surface area contributed by atoms with E-state index in [4.69, 9.17) is 0 Å². The van der Waals surface area contributed by atoms with Crippen LogP contribution in [0.2, 0.25) is 0 Å². The van der Waals surface area contributed by atoms with Gasteiger partial charge in [0.15, 0.2) is 11.5 Å². The number of rotatable bonds is 4. The van der Waals surface area contributed by atoms with Crippen molar-refractivity contribution in [2.45, 2.75) is 13.0 Å². The van der Waals surface area contributed by atoms with Crippen molar-refractivity contribution in [3.8, 4) is 5.69 Å². The Labute approximate surface area is 142 Å². The van der Waals surface area contributed by atoms with Gasteiger partial charge in [0.2, 0.25) is 0 Å². The molecule has 25 heavy (non-hydrogen) atoms. The summed E-state index contributed by atoms with van der Waals surface area (Å²) in [7, 11) is 0. The molecule has 9 nitrogen and oxygen atoms in total. The fourth-order valence-electron chi connectivity index (χ4n) is 2.57. The molecule has 3 aromatic heterocycles. The zero-order valence-corrected chi connectivity index (χ0v) is 13.3. The van der Waals surface area contributed by atoms with E-state index in [2.05, 4.69) is 31.0 Å². The molecule has 4 rings (SSSR count). The number of benzene rings is 1. The number of hydrogen-bond donors (Lipinski definition) is 1. The van der Waals surface area contributed by atoms with E-state index in [1.807, 2.05) is 41.8 Å². The van der Waals surface area contributed by atoms with Crippen LogP contribution >= 0.6 is 0 Å². The Morgan fingerprint density at radius 1 is 1.16 bits per heavy atom. The minimum atomic E-state index is -0.304. The molecule has 9 heteroatoms. The molecule has 4 aromatic rings. The first-order valence-corrected chi connectivity index (χ1v) is 7.66. The lowest BCUT2D eigenvalue weighted by molar-refractivity contribution is 0.0938. The van der Waals surface area contributed by atoms with E-state index in [0.717, 1.165) is 5.65 Å². The highest BCUT2D eigenvalue weighted by Crippen LogP contribution is 2.14. The van der Waals surface area contributed by atoms with E-state index >= 15 is 0 Å². The lowest BCUT2D eigenvalue weighted by Crippen LogP contribution is -2.28. The standard InChI is InChI=1S/C16H14N8O/c1-11(15-20-19-14-7-2-3-8-23(14)15)18-16(25)12-5-4-6-13(9-12)24-10-17-21-22-24/h2-11H,1H3,(H,18,25)/t11-/m0/s1. The summed E-state index contributed by atoms with van der Waals surface area (Å²) in [4.78, 5) is 12.6. The Kier molecular flexibility index (Phi) is 3.65. The van der Waals surface area contributed by atoms with Gasteiger partial charge in [-0.05, 0) is 47.7 Å². The normalized spacial score (nSPS) is 12.2. The van der Waals surface area contributed by atoms with Crippen molar-refractivity contribution in [3.05, 3.63) is 66.4 Å². The van der Waals surface area contributed by atoms with Crippen LogP contribution in [0.3, 0.4) is 0 Å². The molecule has 1 atom stereocenters. The van der Waals surface area contributed by atoms with Gasteiger partial charge in [0.1, 0.15) is 6.33 Å². The molecule has 0 radical (unpaired) electrons. The van der Waals surface area contributed by atoms with Crippen molar-refractivity contribution in [2.75, 3.05) is 0 Å². The number of nitrogens with zero attached hydrogens (tertiary/aromatic N) is 7. The Hall–Kier alpha value is -3.62. The van der Waals surface area contributed by atoms with Gasteiger partial charge in [-0.2, -0.15) is 0 Å². The first-order valence-electron chi connectivity index (χ1n) is 7.66. The Balaban J connectivity index is 1.57. The minimum absolute atomic E-state index is 0.213. The number of nitrogens with one attached hydrogen (secondary N) is 1. The molecule has 3 heterocycles. The van der Waals surface area contributed by atoms with Crippen LogP contribution in [0.5, 0.6) is 0 Å². The summed E-state index contributed by atoms with van der Waals surface area (Å²) in [6.07, 6.45) is 3.34. The highest BCUT2D eigenvalue weighted by molar-refractivity contribution is 5.94.